The first-order chi connectivity index (χ1) is 13.8. The van der Waals surface area contributed by atoms with Crippen LogP contribution in [0.5, 0.6) is 5.75 Å². The molecular formula is C25H26N2O. The van der Waals surface area contributed by atoms with Gasteiger partial charge in [0.2, 0.25) is 0 Å². The standard InChI is InChI=1S/C25H26N2O/c1-2-3-6-15-27-17-25(21-7-4-5-8-23(21)27)18-28-24-10-9-20(16-22(24)25)19-11-13-26-14-12-19/h4-5,7-14,16H,2-3,6,15,17-18H2,1H3. The predicted octanol–water partition coefficient (Wildman–Crippen LogP) is 5.44. The summed E-state index contributed by atoms with van der Waals surface area (Å²) in [7, 11) is 0. The number of anilines is 1. The van der Waals surface area contributed by atoms with Crippen LogP contribution in [0.4, 0.5) is 5.69 Å². The van der Waals surface area contributed by atoms with E-state index in [0.717, 1.165) is 25.4 Å². The Balaban J connectivity index is 1.57. The minimum absolute atomic E-state index is 0.0683. The zero-order chi connectivity index (χ0) is 19.0. The normalized spacial score (nSPS) is 19.5. The molecule has 3 heteroatoms. The van der Waals surface area contributed by atoms with Crippen molar-refractivity contribution in [1.82, 2.24) is 4.98 Å². The lowest BCUT2D eigenvalue weighted by molar-refractivity contribution is 0.299. The van der Waals surface area contributed by atoms with Crippen molar-refractivity contribution in [3.05, 3.63) is 78.1 Å². The third-order valence-corrected chi connectivity index (χ3v) is 6.24. The van der Waals surface area contributed by atoms with Gasteiger partial charge in [-0.15, -0.1) is 0 Å². The average molecular weight is 370 g/mol. The molecule has 3 heterocycles. The number of nitrogens with zero attached hydrogens (tertiary/aromatic N) is 2. The topological polar surface area (TPSA) is 25.4 Å². The van der Waals surface area contributed by atoms with Crippen LogP contribution in [0.3, 0.4) is 0 Å². The molecule has 0 saturated carbocycles. The molecule has 3 nitrogen and oxygen atoms in total. The number of fused-ring (bicyclic) bond motifs is 4. The van der Waals surface area contributed by atoms with Crippen LogP contribution in [0.15, 0.2) is 67.0 Å². The maximum absolute atomic E-state index is 6.22. The van der Waals surface area contributed by atoms with Crippen molar-refractivity contribution in [2.24, 2.45) is 0 Å². The third kappa shape index (κ3) is 2.69. The summed E-state index contributed by atoms with van der Waals surface area (Å²) in [5, 5.41) is 0. The van der Waals surface area contributed by atoms with Crippen molar-refractivity contribution in [1.29, 1.82) is 0 Å². The highest BCUT2D eigenvalue weighted by atomic mass is 16.5. The van der Waals surface area contributed by atoms with Crippen LogP contribution in [0, 0.1) is 0 Å². The highest BCUT2D eigenvalue weighted by Crippen LogP contribution is 2.52. The monoisotopic (exact) mass is 370 g/mol. The first kappa shape index (κ1) is 17.3. The molecule has 0 amide bonds. The van der Waals surface area contributed by atoms with E-state index in [1.165, 1.54) is 47.2 Å². The zero-order valence-corrected chi connectivity index (χ0v) is 16.4. The van der Waals surface area contributed by atoms with E-state index in [4.69, 9.17) is 4.74 Å². The first-order valence-electron chi connectivity index (χ1n) is 10.3. The van der Waals surface area contributed by atoms with E-state index in [1.807, 2.05) is 12.4 Å². The molecule has 142 valence electrons. The highest BCUT2D eigenvalue weighted by molar-refractivity contribution is 5.73. The van der Waals surface area contributed by atoms with Crippen molar-refractivity contribution < 1.29 is 4.74 Å². The van der Waals surface area contributed by atoms with Gasteiger partial charge in [-0.2, -0.15) is 0 Å². The van der Waals surface area contributed by atoms with Gasteiger partial charge in [-0.3, -0.25) is 4.98 Å². The van der Waals surface area contributed by atoms with E-state index in [1.54, 1.807) is 0 Å². The van der Waals surface area contributed by atoms with Crippen LogP contribution in [-0.4, -0.2) is 24.7 Å². The molecule has 3 aromatic rings. The van der Waals surface area contributed by atoms with Gasteiger partial charge < -0.3 is 9.64 Å². The Morgan fingerprint density at radius 1 is 0.964 bits per heavy atom. The smallest absolute Gasteiger partial charge is 0.123 e. The Morgan fingerprint density at radius 2 is 1.82 bits per heavy atom. The van der Waals surface area contributed by atoms with Crippen molar-refractivity contribution in [2.45, 2.75) is 31.6 Å². The second-order valence-electron chi connectivity index (χ2n) is 7.96. The average Bonchev–Trinajstić information content (AvgIpc) is 3.28. The van der Waals surface area contributed by atoms with Crippen LogP contribution in [-0.2, 0) is 5.41 Å². The number of hydrogen-bond donors (Lipinski definition) is 0. The lowest BCUT2D eigenvalue weighted by Gasteiger charge is -2.25. The van der Waals surface area contributed by atoms with Gasteiger partial charge in [0.25, 0.3) is 0 Å². The van der Waals surface area contributed by atoms with Crippen molar-refractivity contribution in [3.63, 3.8) is 0 Å². The molecule has 0 radical (unpaired) electrons. The minimum atomic E-state index is -0.0683. The minimum Gasteiger partial charge on any atom is -0.492 e. The zero-order valence-electron chi connectivity index (χ0n) is 16.4. The Morgan fingerprint density at radius 3 is 2.68 bits per heavy atom. The molecule has 2 aliphatic rings. The van der Waals surface area contributed by atoms with E-state index in [-0.39, 0.29) is 5.41 Å². The highest BCUT2D eigenvalue weighted by Gasteiger charge is 2.49. The lowest BCUT2D eigenvalue weighted by Crippen LogP contribution is -2.36. The molecule has 1 atom stereocenters. The third-order valence-electron chi connectivity index (χ3n) is 6.24. The van der Waals surface area contributed by atoms with Crippen LogP contribution in [0.1, 0.15) is 37.3 Å². The summed E-state index contributed by atoms with van der Waals surface area (Å²) >= 11 is 0. The van der Waals surface area contributed by atoms with Gasteiger partial charge in [0, 0.05) is 36.7 Å². The quantitative estimate of drug-likeness (QED) is 0.559. The Labute approximate surface area is 167 Å². The fraction of sp³-hybridized carbons (Fsp3) is 0.320. The maximum atomic E-state index is 6.22. The van der Waals surface area contributed by atoms with Crippen LogP contribution in [0.25, 0.3) is 11.1 Å². The number of ether oxygens (including phenoxy) is 1. The molecule has 0 fully saturated rings. The molecule has 5 rings (SSSR count). The summed E-state index contributed by atoms with van der Waals surface area (Å²) < 4.78 is 6.22. The van der Waals surface area contributed by atoms with Gasteiger partial charge in [-0.25, -0.2) is 0 Å². The van der Waals surface area contributed by atoms with E-state index in [0.29, 0.717) is 0 Å². The van der Waals surface area contributed by atoms with Crippen LogP contribution < -0.4 is 9.64 Å². The Bertz CT molecular complexity index is 985. The predicted molar refractivity (Wildman–Crippen MR) is 114 cm³/mol. The molecule has 28 heavy (non-hydrogen) atoms. The Kier molecular flexibility index (Phi) is 4.31. The fourth-order valence-electron chi connectivity index (χ4n) is 4.79. The van der Waals surface area contributed by atoms with Crippen LogP contribution in [0.2, 0.25) is 0 Å². The van der Waals surface area contributed by atoms with Gasteiger partial charge in [-0.05, 0) is 53.4 Å². The second kappa shape index (κ2) is 6.97. The first-order valence-corrected chi connectivity index (χ1v) is 10.3. The van der Waals surface area contributed by atoms with E-state index in [2.05, 4.69) is 71.4 Å². The van der Waals surface area contributed by atoms with E-state index in [9.17, 15) is 0 Å². The van der Waals surface area contributed by atoms with Gasteiger partial charge in [0.15, 0.2) is 0 Å². The molecule has 0 N–H and O–H groups in total. The summed E-state index contributed by atoms with van der Waals surface area (Å²) in [6, 6.07) is 19.7. The lowest BCUT2D eigenvalue weighted by atomic mass is 9.77. The molecule has 0 bridgehead atoms. The Hall–Kier alpha value is -2.81. The molecule has 1 unspecified atom stereocenters. The fourth-order valence-corrected chi connectivity index (χ4v) is 4.79. The molecule has 1 spiro atoms. The summed E-state index contributed by atoms with van der Waals surface area (Å²) in [5.74, 6) is 1.03. The summed E-state index contributed by atoms with van der Waals surface area (Å²) in [6.45, 7) is 5.11. The van der Waals surface area contributed by atoms with E-state index >= 15 is 0 Å². The second-order valence-corrected chi connectivity index (χ2v) is 7.96. The summed E-state index contributed by atoms with van der Waals surface area (Å²) in [4.78, 5) is 6.73. The van der Waals surface area contributed by atoms with Gasteiger partial charge >= 0.3 is 0 Å². The number of unbranched alkanes of at least 4 members (excludes halogenated alkanes) is 2. The van der Waals surface area contributed by atoms with Gasteiger partial charge in [0.05, 0.1) is 5.41 Å². The number of benzene rings is 2. The SMILES string of the molecule is CCCCCN1CC2(COc3ccc(-c4ccncc4)cc32)c2ccccc21. The maximum Gasteiger partial charge on any atom is 0.123 e. The molecule has 0 aliphatic carbocycles. The molecular weight excluding hydrogens is 344 g/mol. The number of hydrogen-bond acceptors (Lipinski definition) is 3. The molecule has 2 aromatic carbocycles. The number of rotatable bonds is 5. The molecule has 2 aliphatic heterocycles. The number of aromatic nitrogens is 1. The molecule has 0 saturated heterocycles. The van der Waals surface area contributed by atoms with Crippen LogP contribution >= 0.6 is 0 Å². The van der Waals surface area contributed by atoms with Crippen molar-refractivity contribution in [2.75, 3.05) is 24.6 Å². The summed E-state index contributed by atoms with van der Waals surface area (Å²) in [6.07, 6.45) is 7.49. The largest absolute Gasteiger partial charge is 0.492 e. The number of pyridine rings is 1. The molecule has 1 aromatic heterocycles. The van der Waals surface area contributed by atoms with Crippen molar-refractivity contribution >= 4 is 5.69 Å². The van der Waals surface area contributed by atoms with Crippen molar-refractivity contribution in [3.8, 4) is 16.9 Å². The van der Waals surface area contributed by atoms with Gasteiger partial charge in [0.1, 0.15) is 12.4 Å². The number of para-hydroxylation sites is 1. The van der Waals surface area contributed by atoms with E-state index < -0.39 is 0 Å². The summed E-state index contributed by atoms with van der Waals surface area (Å²) in [5.41, 5.74) is 6.48. The van der Waals surface area contributed by atoms with Gasteiger partial charge in [-0.1, -0.05) is 44.0 Å².